The normalized spacial score (nSPS) is 37.7. The number of likely N-dealkylation sites (tertiary alicyclic amines) is 1. The molecule has 1 aliphatic carbocycles. The maximum atomic E-state index is 12.6. The second-order valence-electron chi connectivity index (χ2n) is 9.39. The van der Waals surface area contributed by atoms with Gasteiger partial charge in [0.25, 0.3) is 0 Å². The van der Waals surface area contributed by atoms with Crippen molar-refractivity contribution in [1.29, 1.82) is 0 Å². The maximum absolute atomic E-state index is 12.6. The molecule has 2 bridgehead atoms. The number of carbonyl (C=O) groups excluding carboxylic acids is 1. The van der Waals surface area contributed by atoms with Crippen LogP contribution in [0.1, 0.15) is 45.4 Å². The lowest BCUT2D eigenvalue weighted by molar-refractivity contribution is -0.133. The van der Waals surface area contributed by atoms with Crippen LogP contribution >= 0.6 is 0 Å². The molecule has 7 nitrogen and oxygen atoms in total. The Kier molecular flexibility index (Phi) is 4.00. The number of aryl methyl sites for hydroxylation is 1. The molecule has 0 N–H and O–H groups in total. The number of hydrogen-bond acceptors (Lipinski definition) is 6. The Morgan fingerprint density at radius 1 is 1.15 bits per heavy atom. The largest absolute Gasteiger partial charge is 0.343 e. The predicted octanol–water partition coefficient (Wildman–Crippen LogP) is 1.92. The fourth-order valence-corrected chi connectivity index (χ4v) is 5.86. The Bertz CT molecular complexity index is 708. The molecule has 4 aliphatic rings. The molecule has 0 aromatic carbocycles. The second kappa shape index (κ2) is 6.19. The van der Waals surface area contributed by atoms with Gasteiger partial charge in [0.1, 0.15) is 0 Å². The van der Waals surface area contributed by atoms with Crippen LogP contribution in [-0.2, 0) is 4.79 Å². The van der Waals surface area contributed by atoms with E-state index in [1.807, 2.05) is 18.9 Å². The summed E-state index contributed by atoms with van der Waals surface area (Å²) in [6, 6.07) is 2.70. The number of amides is 1. The van der Waals surface area contributed by atoms with Gasteiger partial charge in [-0.3, -0.25) is 9.69 Å². The number of fused-ring (bicyclic) bond motifs is 3. The molecule has 4 heterocycles. The number of piperidine rings is 2. The average molecular weight is 374 g/mol. The Labute approximate surface area is 161 Å². The molecule has 1 aromatic heterocycles. The summed E-state index contributed by atoms with van der Waals surface area (Å²) in [6.07, 6.45) is 4.82. The lowest BCUT2D eigenvalue weighted by atomic mass is 9.96. The van der Waals surface area contributed by atoms with Gasteiger partial charge in [-0.15, -0.1) is 0 Å². The molecular weight excluding hydrogens is 342 g/mol. The highest BCUT2D eigenvalue weighted by atomic mass is 16.5. The summed E-state index contributed by atoms with van der Waals surface area (Å²) in [5.74, 6) is 2.54. The van der Waals surface area contributed by atoms with Crippen molar-refractivity contribution in [3.05, 3.63) is 5.82 Å². The Balaban J connectivity index is 1.20. The van der Waals surface area contributed by atoms with Crippen molar-refractivity contribution in [2.75, 3.05) is 25.0 Å². The molecule has 1 amide bonds. The zero-order chi connectivity index (χ0) is 18.9. The van der Waals surface area contributed by atoms with E-state index in [2.05, 4.69) is 33.8 Å². The topological polar surface area (TPSA) is 65.7 Å². The van der Waals surface area contributed by atoms with E-state index in [1.165, 1.54) is 25.7 Å². The van der Waals surface area contributed by atoms with Crippen LogP contribution in [0.3, 0.4) is 0 Å². The van der Waals surface area contributed by atoms with Crippen LogP contribution in [0.5, 0.6) is 0 Å². The van der Waals surface area contributed by atoms with E-state index in [0.29, 0.717) is 53.7 Å². The van der Waals surface area contributed by atoms with Crippen molar-refractivity contribution in [3.63, 3.8) is 0 Å². The zero-order valence-corrected chi connectivity index (χ0v) is 16.8. The molecule has 4 unspecified atom stereocenters. The van der Waals surface area contributed by atoms with Crippen molar-refractivity contribution < 1.29 is 9.32 Å². The van der Waals surface area contributed by atoms with Gasteiger partial charge in [-0.25, -0.2) is 0 Å². The lowest BCUT2D eigenvalue weighted by Crippen LogP contribution is -2.51. The van der Waals surface area contributed by atoms with E-state index < -0.39 is 0 Å². The summed E-state index contributed by atoms with van der Waals surface area (Å²) in [7, 11) is 1.95. The average Bonchev–Trinajstić information content (AvgIpc) is 2.96. The molecule has 27 heavy (non-hydrogen) atoms. The van der Waals surface area contributed by atoms with Gasteiger partial charge >= 0.3 is 6.01 Å². The zero-order valence-electron chi connectivity index (χ0n) is 16.8. The van der Waals surface area contributed by atoms with Crippen molar-refractivity contribution in [2.45, 2.75) is 70.6 Å². The standard InChI is InChI=1S/C20H31N5O2/c1-11(2)23(4)19(26)18-16-9-24(10-17(16)18)15-7-13-5-6-14(8-15)25(13)20-21-12(3)22-27-20/h11,13-18H,5-10H2,1-4H3/t13?,14?,15?,16-,17?,18?/m0/s1. The fraction of sp³-hybridized carbons (Fsp3) is 0.850. The Morgan fingerprint density at radius 2 is 1.78 bits per heavy atom. The highest BCUT2D eigenvalue weighted by Crippen LogP contribution is 2.54. The first-order valence-corrected chi connectivity index (χ1v) is 10.5. The third-order valence-corrected chi connectivity index (χ3v) is 7.59. The Hall–Kier alpha value is -1.63. The predicted molar refractivity (Wildman–Crippen MR) is 101 cm³/mol. The van der Waals surface area contributed by atoms with E-state index in [0.717, 1.165) is 13.1 Å². The van der Waals surface area contributed by atoms with Crippen molar-refractivity contribution in [1.82, 2.24) is 19.9 Å². The quantitative estimate of drug-likeness (QED) is 0.803. The van der Waals surface area contributed by atoms with Crippen molar-refractivity contribution in [3.8, 4) is 0 Å². The minimum absolute atomic E-state index is 0.284. The van der Waals surface area contributed by atoms with Crippen LogP contribution in [0.25, 0.3) is 0 Å². The maximum Gasteiger partial charge on any atom is 0.324 e. The summed E-state index contributed by atoms with van der Waals surface area (Å²) in [5.41, 5.74) is 0. The van der Waals surface area contributed by atoms with Crippen molar-refractivity contribution >= 4 is 11.9 Å². The van der Waals surface area contributed by atoms with Gasteiger partial charge < -0.3 is 14.3 Å². The number of hydrogen-bond donors (Lipinski definition) is 0. The summed E-state index contributed by atoms with van der Waals surface area (Å²) < 4.78 is 5.46. The van der Waals surface area contributed by atoms with Gasteiger partial charge in [0.15, 0.2) is 5.82 Å². The lowest BCUT2D eigenvalue weighted by Gasteiger charge is -2.42. The number of aromatic nitrogens is 2. The number of nitrogens with zero attached hydrogens (tertiary/aromatic N) is 5. The smallest absolute Gasteiger partial charge is 0.324 e. The van der Waals surface area contributed by atoms with Gasteiger partial charge in [-0.05, 0) is 58.3 Å². The van der Waals surface area contributed by atoms with Crippen LogP contribution in [0.2, 0.25) is 0 Å². The first-order valence-electron chi connectivity index (χ1n) is 10.5. The molecule has 7 heteroatoms. The summed E-state index contributed by atoms with van der Waals surface area (Å²) in [4.78, 5) is 24.1. The first-order chi connectivity index (χ1) is 12.9. The van der Waals surface area contributed by atoms with Gasteiger partial charge in [0.2, 0.25) is 5.91 Å². The molecule has 1 saturated carbocycles. The summed E-state index contributed by atoms with van der Waals surface area (Å²) in [5, 5.41) is 3.98. The van der Waals surface area contributed by atoms with E-state index in [1.54, 1.807) is 0 Å². The number of rotatable bonds is 4. The van der Waals surface area contributed by atoms with Gasteiger partial charge in [0, 0.05) is 50.2 Å². The van der Waals surface area contributed by atoms with E-state index in [9.17, 15) is 4.79 Å². The van der Waals surface area contributed by atoms with Crippen LogP contribution < -0.4 is 4.90 Å². The molecule has 0 spiro atoms. The molecule has 5 rings (SSSR count). The van der Waals surface area contributed by atoms with Gasteiger partial charge in [-0.1, -0.05) is 5.16 Å². The van der Waals surface area contributed by atoms with E-state index in [4.69, 9.17) is 4.52 Å². The molecule has 1 aromatic rings. The molecule has 148 valence electrons. The van der Waals surface area contributed by atoms with Crippen LogP contribution in [0, 0.1) is 24.7 Å². The third-order valence-electron chi connectivity index (χ3n) is 7.59. The number of carbonyl (C=O) groups is 1. The minimum atomic E-state index is 0.284. The number of anilines is 1. The highest BCUT2D eigenvalue weighted by Gasteiger charge is 2.61. The monoisotopic (exact) mass is 373 g/mol. The third kappa shape index (κ3) is 2.77. The molecule has 4 fully saturated rings. The first kappa shape index (κ1) is 17.5. The fourth-order valence-electron chi connectivity index (χ4n) is 5.86. The molecule has 3 aliphatic heterocycles. The van der Waals surface area contributed by atoms with Gasteiger partial charge in [-0.2, -0.15) is 4.98 Å². The molecule has 0 radical (unpaired) electrons. The minimum Gasteiger partial charge on any atom is -0.343 e. The molecule has 5 atom stereocenters. The molecular formula is C20H31N5O2. The van der Waals surface area contributed by atoms with Crippen LogP contribution in [0.4, 0.5) is 6.01 Å². The summed E-state index contributed by atoms with van der Waals surface area (Å²) in [6.45, 7) is 8.29. The highest BCUT2D eigenvalue weighted by molar-refractivity contribution is 5.82. The molecule has 3 saturated heterocycles. The van der Waals surface area contributed by atoms with E-state index >= 15 is 0 Å². The Morgan fingerprint density at radius 3 is 2.30 bits per heavy atom. The van der Waals surface area contributed by atoms with E-state index in [-0.39, 0.29) is 5.92 Å². The van der Waals surface area contributed by atoms with Crippen LogP contribution in [0.15, 0.2) is 4.52 Å². The SMILES string of the molecule is Cc1noc(N2C3CCC2CC(N2CC4C(C(=O)N(C)C(C)C)[C@H]4C2)C3)n1. The second-order valence-corrected chi connectivity index (χ2v) is 9.39. The van der Waals surface area contributed by atoms with Crippen LogP contribution in [-0.4, -0.2) is 70.2 Å². The van der Waals surface area contributed by atoms with Gasteiger partial charge in [0.05, 0.1) is 0 Å². The van der Waals surface area contributed by atoms with Crippen molar-refractivity contribution in [2.24, 2.45) is 17.8 Å². The summed E-state index contributed by atoms with van der Waals surface area (Å²) >= 11 is 0.